The topological polar surface area (TPSA) is 58.6 Å². The molecular formula is C16H17BrN2O3. The van der Waals surface area contributed by atoms with Gasteiger partial charge in [0.2, 0.25) is 0 Å². The SMILES string of the molecule is C=CCN1C(=O)N[C@H](c2ccc(Br)cc2)C(C(=O)OC)=C1C. The van der Waals surface area contributed by atoms with Crippen molar-refractivity contribution in [1.29, 1.82) is 0 Å². The number of carbonyl (C=O) groups excluding carboxylic acids is 2. The van der Waals surface area contributed by atoms with Crippen LogP contribution in [0, 0.1) is 0 Å². The summed E-state index contributed by atoms with van der Waals surface area (Å²) in [6.45, 7) is 5.70. The Hall–Kier alpha value is -2.08. The fourth-order valence-corrected chi connectivity index (χ4v) is 2.67. The number of hydrogen-bond acceptors (Lipinski definition) is 3. The molecule has 0 saturated heterocycles. The molecule has 2 amide bonds. The molecule has 1 heterocycles. The molecule has 1 aliphatic heterocycles. The number of halogens is 1. The lowest BCUT2D eigenvalue weighted by molar-refractivity contribution is -0.136. The van der Waals surface area contributed by atoms with Gasteiger partial charge in [-0.25, -0.2) is 9.59 Å². The minimum absolute atomic E-state index is 0.266. The van der Waals surface area contributed by atoms with Crippen LogP contribution in [0.2, 0.25) is 0 Å². The maximum atomic E-state index is 12.3. The molecule has 0 aliphatic carbocycles. The summed E-state index contributed by atoms with van der Waals surface area (Å²) in [7, 11) is 1.33. The first kappa shape index (κ1) is 16.3. The summed E-state index contributed by atoms with van der Waals surface area (Å²) in [4.78, 5) is 25.9. The molecule has 1 atom stereocenters. The molecule has 1 aromatic rings. The minimum Gasteiger partial charge on any atom is -0.466 e. The lowest BCUT2D eigenvalue weighted by Gasteiger charge is -2.34. The fraction of sp³-hybridized carbons (Fsp3) is 0.250. The van der Waals surface area contributed by atoms with Crippen molar-refractivity contribution in [2.75, 3.05) is 13.7 Å². The van der Waals surface area contributed by atoms with Crippen LogP contribution >= 0.6 is 15.9 Å². The number of benzene rings is 1. The molecule has 5 nitrogen and oxygen atoms in total. The number of urea groups is 1. The van der Waals surface area contributed by atoms with Gasteiger partial charge in [0, 0.05) is 16.7 Å². The molecule has 22 heavy (non-hydrogen) atoms. The van der Waals surface area contributed by atoms with E-state index in [4.69, 9.17) is 4.74 Å². The number of carbonyl (C=O) groups is 2. The Morgan fingerprint density at radius 2 is 2.09 bits per heavy atom. The normalized spacial score (nSPS) is 18.0. The summed E-state index contributed by atoms with van der Waals surface area (Å²) >= 11 is 3.37. The van der Waals surface area contributed by atoms with E-state index in [1.54, 1.807) is 13.0 Å². The molecule has 0 unspecified atom stereocenters. The fourth-order valence-electron chi connectivity index (χ4n) is 2.41. The van der Waals surface area contributed by atoms with E-state index in [9.17, 15) is 9.59 Å². The highest BCUT2D eigenvalue weighted by atomic mass is 79.9. The quantitative estimate of drug-likeness (QED) is 0.659. The van der Waals surface area contributed by atoms with Crippen LogP contribution in [0.25, 0.3) is 0 Å². The van der Waals surface area contributed by atoms with Crippen molar-refractivity contribution in [3.8, 4) is 0 Å². The molecule has 0 saturated carbocycles. The van der Waals surface area contributed by atoms with Gasteiger partial charge in [-0.3, -0.25) is 4.90 Å². The van der Waals surface area contributed by atoms with Crippen LogP contribution in [-0.4, -0.2) is 30.6 Å². The van der Waals surface area contributed by atoms with Crippen molar-refractivity contribution < 1.29 is 14.3 Å². The Bertz CT molecular complexity index is 637. The maximum Gasteiger partial charge on any atom is 0.337 e. The monoisotopic (exact) mass is 364 g/mol. The molecule has 6 heteroatoms. The second kappa shape index (κ2) is 6.79. The number of nitrogens with zero attached hydrogens (tertiary/aromatic N) is 1. The summed E-state index contributed by atoms with van der Waals surface area (Å²) < 4.78 is 5.81. The molecule has 0 spiro atoms. The zero-order chi connectivity index (χ0) is 16.3. The maximum absolute atomic E-state index is 12.3. The van der Waals surface area contributed by atoms with Crippen LogP contribution in [-0.2, 0) is 9.53 Å². The summed E-state index contributed by atoms with van der Waals surface area (Å²) in [5, 5.41) is 2.85. The van der Waals surface area contributed by atoms with Gasteiger partial charge in [-0.1, -0.05) is 34.1 Å². The number of ether oxygens (including phenoxy) is 1. The molecule has 0 aromatic heterocycles. The van der Waals surface area contributed by atoms with E-state index in [0.717, 1.165) is 10.0 Å². The van der Waals surface area contributed by atoms with Gasteiger partial charge < -0.3 is 10.1 Å². The van der Waals surface area contributed by atoms with Crippen molar-refractivity contribution in [1.82, 2.24) is 10.2 Å². The van der Waals surface area contributed by atoms with Gasteiger partial charge in [-0.05, 0) is 24.6 Å². The number of esters is 1. The zero-order valence-electron chi connectivity index (χ0n) is 12.4. The summed E-state index contributed by atoms with van der Waals surface area (Å²) in [5.41, 5.74) is 1.81. The highest BCUT2D eigenvalue weighted by molar-refractivity contribution is 9.10. The van der Waals surface area contributed by atoms with Crippen LogP contribution in [0.4, 0.5) is 4.79 Å². The van der Waals surface area contributed by atoms with E-state index < -0.39 is 12.0 Å². The van der Waals surface area contributed by atoms with E-state index in [-0.39, 0.29) is 6.03 Å². The third-order valence-electron chi connectivity index (χ3n) is 3.52. The molecule has 1 aliphatic rings. The predicted molar refractivity (Wildman–Crippen MR) is 87.0 cm³/mol. The number of amides is 2. The molecular weight excluding hydrogens is 348 g/mol. The highest BCUT2D eigenvalue weighted by Gasteiger charge is 2.35. The predicted octanol–water partition coefficient (Wildman–Crippen LogP) is 3.15. The van der Waals surface area contributed by atoms with Crippen molar-refractivity contribution >= 4 is 27.9 Å². The third-order valence-corrected chi connectivity index (χ3v) is 4.05. The molecule has 1 N–H and O–H groups in total. The van der Waals surface area contributed by atoms with Crippen molar-refractivity contribution in [3.63, 3.8) is 0 Å². The number of nitrogens with one attached hydrogen (secondary N) is 1. The van der Waals surface area contributed by atoms with Crippen LogP contribution in [0.5, 0.6) is 0 Å². The smallest absolute Gasteiger partial charge is 0.337 e. The average Bonchev–Trinajstić information content (AvgIpc) is 2.51. The van der Waals surface area contributed by atoms with Crippen LogP contribution in [0.15, 0.2) is 52.7 Å². The lowest BCUT2D eigenvalue weighted by atomic mass is 9.95. The lowest BCUT2D eigenvalue weighted by Crippen LogP contribution is -2.47. The van der Waals surface area contributed by atoms with E-state index in [1.807, 2.05) is 24.3 Å². The largest absolute Gasteiger partial charge is 0.466 e. The van der Waals surface area contributed by atoms with Crippen molar-refractivity contribution in [3.05, 3.63) is 58.2 Å². The first-order valence-corrected chi connectivity index (χ1v) is 7.52. The van der Waals surface area contributed by atoms with Crippen LogP contribution in [0.3, 0.4) is 0 Å². The average molecular weight is 365 g/mol. The Labute approximate surface area is 137 Å². The van der Waals surface area contributed by atoms with Crippen LogP contribution < -0.4 is 5.32 Å². The molecule has 0 bridgehead atoms. The minimum atomic E-state index is -0.533. The Balaban J connectivity index is 2.52. The number of hydrogen-bond donors (Lipinski definition) is 1. The Morgan fingerprint density at radius 1 is 1.45 bits per heavy atom. The second-order valence-corrected chi connectivity index (χ2v) is 5.74. The Morgan fingerprint density at radius 3 is 2.64 bits per heavy atom. The van der Waals surface area contributed by atoms with E-state index in [2.05, 4.69) is 27.8 Å². The molecule has 1 aromatic carbocycles. The van der Waals surface area contributed by atoms with Gasteiger partial charge in [-0.2, -0.15) is 0 Å². The zero-order valence-corrected chi connectivity index (χ0v) is 14.0. The van der Waals surface area contributed by atoms with Crippen LogP contribution in [0.1, 0.15) is 18.5 Å². The number of allylic oxidation sites excluding steroid dienone is 1. The second-order valence-electron chi connectivity index (χ2n) is 4.82. The van der Waals surface area contributed by atoms with E-state index in [0.29, 0.717) is 17.8 Å². The van der Waals surface area contributed by atoms with Gasteiger partial charge in [0.15, 0.2) is 0 Å². The molecule has 116 valence electrons. The third kappa shape index (κ3) is 3.06. The number of methoxy groups -OCH3 is 1. The first-order chi connectivity index (χ1) is 10.5. The summed E-state index contributed by atoms with van der Waals surface area (Å²) in [6, 6.07) is 6.64. The standard InChI is InChI=1S/C16H17BrN2O3/c1-4-9-19-10(2)13(15(20)22-3)14(18-16(19)21)11-5-7-12(17)8-6-11/h4-8,14H,1,9H2,2-3H3,(H,18,21)/t14-/m1/s1. The highest BCUT2D eigenvalue weighted by Crippen LogP contribution is 2.31. The molecule has 0 fully saturated rings. The van der Waals surface area contributed by atoms with Crippen molar-refractivity contribution in [2.45, 2.75) is 13.0 Å². The summed E-state index contributed by atoms with van der Waals surface area (Å²) in [5.74, 6) is -0.459. The van der Waals surface area contributed by atoms with E-state index in [1.165, 1.54) is 12.0 Å². The van der Waals surface area contributed by atoms with Gasteiger partial charge in [0.1, 0.15) is 0 Å². The van der Waals surface area contributed by atoms with E-state index >= 15 is 0 Å². The van der Waals surface area contributed by atoms with Gasteiger partial charge in [0.25, 0.3) is 0 Å². The van der Waals surface area contributed by atoms with Gasteiger partial charge >= 0.3 is 12.0 Å². The van der Waals surface area contributed by atoms with Gasteiger partial charge in [0.05, 0.1) is 18.7 Å². The molecule has 0 radical (unpaired) electrons. The number of rotatable bonds is 4. The Kier molecular flexibility index (Phi) is 5.03. The first-order valence-electron chi connectivity index (χ1n) is 6.73. The van der Waals surface area contributed by atoms with Crippen molar-refractivity contribution in [2.24, 2.45) is 0 Å². The molecule has 2 rings (SSSR count). The van der Waals surface area contributed by atoms with Gasteiger partial charge in [-0.15, -0.1) is 6.58 Å². The summed E-state index contributed by atoms with van der Waals surface area (Å²) in [6.07, 6.45) is 1.61.